The average Bonchev–Trinajstić information content (AvgIpc) is 3.11. The average molecular weight is 434 g/mol. The smallest absolute Gasteiger partial charge is 0.417 e. The number of hydrogen-bond acceptors (Lipinski definition) is 8. The number of aryl methyl sites for hydroxylation is 1. The molecule has 0 aliphatic carbocycles. The number of carbonyl (C=O) groups excluding carboxylic acids is 1. The van der Waals surface area contributed by atoms with Crippen molar-refractivity contribution in [3.05, 3.63) is 64.8 Å². The van der Waals surface area contributed by atoms with Crippen LogP contribution in [0.15, 0.2) is 57.9 Å². The first-order chi connectivity index (χ1) is 15.2. The quantitative estimate of drug-likeness (QED) is 0.346. The molecule has 0 saturated heterocycles. The first kappa shape index (κ1) is 20.9. The van der Waals surface area contributed by atoms with Gasteiger partial charge in [0.1, 0.15) is 11.6 Å². The number of anilines is 4. The molecule has 4 rings (SSSR count). The summed E-state index contributed by atoms with van der Waals surface area (Å²) >= 11 is 0. The van der Waals surface area contributed by atoms with E-state index in [0.29, 0.717) is 28.6 Å². The second kappa shape index (κ2) is 8.06. The molecule has 4 aromatic rings. The summed E-state index contributed by atoms with van der Waals surface area (Å²) in [5.41, 5.74) is 7.62. The Labute approximate surface area is 182 Å². The van der Waals surface area contributed by atoms with E-state index in [2.05, 4.69) is 25.6 Å². The maximum absolute atomic E-state index is 11.4. The molecule has 5 N–H and O–H groups in total. The zero-order chi connectivity index (χ0) is 22.9. The molecule has 2 aromatic carbocycles. The van der Waals surface area contributed by atoms with Gasteiger partial charge in [-0.15, -0.1) is 0 Å². The summed E-state index contributed by atoms with van der Waals surface area (Å²) in [7, 11) is 0. The van der Waals surface area contributed by atoms with Crippen LogP contribution in [-0.4, -0.2) is 26.5 Å². The molecule has 164 valence electrons. The number of H-pyrrole nitrogens is 1. The van der Waals surface area contributed by atoms with Gasteiger partial charge in [0.15, 0.2) is 11.2 Å². The fourth-order valence-corrected chi connectivity index (χ4v) is 2.88. The van der Waals surface area contributed by atoms with Crippen LogP contribution >= 0.6 is 0 Å². The number of carbonyl (C=O) groups is 1. The minimum atomic E-state index is -1.11. The Morgan fingerprint density at radius 3 is 2.56 bits per heavy atom. The molecular formula is C22H22N6O4. The number of aromatic amines is 1. The normalized spacial score (nSPS) is 11.3. The molecular weight excluding hydrogens is 412 g/mol. The van der Waals surface area contributed by atoms with Crippen molar-refractivity contribution in [2.45, 2.75) is 26.4 Å². The van der Waals surface area contributed by atoms with E-state index in [1.54, 1.807) is 62.5 Å². The van der Waals surface area contributed by atoms with Crippen LogP contribution in [0, 0.1) is 6.92 Å². The molecule has 0 unspecified atom stereocenters. The van der Waals surface area contributed by atoms with E-state index >= 15 is 0 Å². The second-order valence-electron chi connectivity index (χ2n) is 7.70. The number of nitrogens with two attached hydrogens (primary N) is 1. The molecule has 1 amide bonds. The Hall–Kier alpha value is -4.34. The van der Waals surface area contributed by atoms with Crippen molar-refractivity contribution in [2.24, 2.45) is 5.73 Å². The van der Waals surface area contributed by atoms with Crippen molar-refractivity contribution in [3.63, 3.8) is 0 Å². The Balaban J connectivity index is 1.49. The third-order valence-corrected chi connectivity index (χ3v) is 4.73. The Morgan fingerprint density at radius 2 is 1.84 bits per heavy atom. The Kier molecular flexibility index (Phi) is 5.27. The highest BCUT2D eigenvalue weighted by atomic mass is 16.5. The lowest BCUT2D eigenvalue weighted by molar-refractivity contribution is -0.130. The van der Waals surface area contributed by atoms with E-state index in [1.165, 1.54) is 0 Å². The van der Waals surface area contributed by atoms with E-state index in [0.717, 1.165) is 16.9 Å². The van der Waals surface area contributed by atoms with E-state index in [4.69, 9.17) is 14.9 Å². The summed E-state index contributed by atoms with van der Waals surface area (Å²) in [5, 5.41) is 6.36. The third kappa shape index (κ3) is 4.53. The van der Waals surface area contributed by atoms with Gasteiger partial charge in [-0.1, -0.05) is 0 Å². The maximum atomic E-state index is 11.4. The van der Waals surface area contributed by atoms with Gasteiger partial charge in [-0.3, -0.25) is 9.78 Å². The van der Waals surface area contributed by atoms with Crippen LogP contribution < -0.4 is 26.9 Å². The lowest BCUT2D eigenvalue weighted by Crippen LogP contribution is -2.43. The van der Waals surface area contributed by atoms with Crippen molar-refractivity contribution < 1.29 is 13.9 Å². The summed E-state index contributed by atoms with van der Waals surface area (Å²) in [5.74, 6) is 0.458. The van der Waals surface area contributed by atoms with Crippen LogP contribution in [0.25, 0.3) is 11.1 Å². The van der Waals surface area contributed by atoms with Gasteiger partial charge < -0.3 is 25.5 Å². The number of oxazole rings is 1. The SMILES string of the molecule is Cc1cnc(Nc2ccc(OC(C)(C)C(N)=O)cc2)nc1Nc1ccc2oc(=O)[nH]c2c1. The second-order valence-corrected chi connectivity index (χ2v) is 7.70. The van der Waals surface area contributed by atoms with Gasteiger partial charge in [0.2, 0.25) is 5.95 Å². The summed E-state index contributed by atoms with van der Waals surface area (Å²) < 4.78 is 10.7. The molecule has 10 nitrogen and oxygen atoms in total. The molecule has 0 aliphatic heterocycles. The zero-order valence-corrected chi connectivity index (χ0v) is 17.7. The van der Waals surface area contributed by atoms with Crippen molar-refractivity contribution in [1.29, 1.82) is 0 Å². The molecule has 0 bridgehead atoms. The number of aromatic nitrogens is 3. The summed E-state index contributed by atoms with van der Waals surface area (Å²) in [6.45, 7) is 5.10. The first-order valence-electron chi connectivity index (χ1n) is 9.79. The molecule has 0 fully saturated rings. The first-order valence-corrected chi connectivity index (χ1v) is 9.79. The number of benzene rings is 2. The van der Waals surface area contributed by atoms with Gasteiger partial charge in [0, 0.05) is 23.1 Å². The lowest BCUT2D eigenvalue weighted by atomic mass is 10.1. The van der Waals surface area contributed by atoms with Crippen molar-refractivity contribution in [1.82, 2.24) is 15.0 Å². The number of nitrogens with one attached hydrogen (secondary N) is 3. The summed E-state index contributed by atoms with van der Waals surface area (Å²) in [6.07, 6.45) is 1.70. The van der Waals surface area contributed by atoms with Gasteiger partial charge in [0.05, 0.1) is 5.52 Å². The minimum absolute atomic E-state index is 0.391. The van der Waals surface area contributed by atoms with Crippen LogP contribution in [-0.2, 0) is 4.79 Å². The molecule has 0 saturated carbocycles. The number of fused-ring (bicyclic) bond motifs is 1. The predicted molar refractivity (Wildman–Crippen MR) is 121 cm³/mol. The molecule has 10 heteroatoms. The molecule has 0 aliphatic rings. The maximum Gasteiger partial charge on any atom is 0.417 e. The summed E-state index contributed by atoms with van der Waals surface area (Å²) in [6, 6.07) is 12.3. The minimum Gasteiger partial charge on any atom is -0.478 e. The van der Waals surface area contributed by atoms with Crippen LogP contribution in [0.3, 0.4) is 0 Å². The fourth-order valence-electron chi connectivity index (χ4n) is 2.88. The van der Waals surface area contributed by atoms with Crippen LogP contribution in [0.5, 0.6) is 5.75 Å². The van der Waals surface area contributed by atoms with Crippen molar-refractivity contribution in [2.75, 3.05) is 10.6 Å². The third-order valence-electron chi connectivity index (χ3n) is 4.73. The van der Waals surface area contributed by atoms with E-state index in [-0.39, 0.29) is 0 Å². The van der Waals surface area contributed by atoms with Crippen molar-refractivity contribution in [3.8, 4) is 5.75 Å². The Morgan fingerprint density at radius 1 is 1.12 bits per heavy atom. The van der Waals surface area contributed by atoms with Gasteiger partial charge >= 0.3 is 5.76 Å². The predicted octanol–water partition coefficient (Wildman–Crippen LogP) is 3.35. The van der Waals surface area contributed by atoms with Crippen LogP contribution in [0.4, 0.5) is 23.1 Å². The topological polar surface area (TPSA) is 148 Å². The molecule has 2 aromatic heterocycles. The Bertz CT molecular complexity index is 1340. The van der Waals surface area contributed by atoms with E-state index in [9.17, 15) is 9.59 Å². The van der Waals surface area contributed by atoms with Crippen LogP contribution in [0.1, 0.15) is 19.4 Å². The monoisotopic (exact) mass is 434 g/mol. The highest BCUT2D eigenvalue weighted by Crippen LogP contribution is 2.25. The number of rotatable bonds is 7. The van der Waals surface area contributed by atoms with E-state index in [1.807, 2.05) is 6.92 Å². The number of primary amides is 1. The number of amides is 1. The molecule has 2 heterocycles. The van der Waals surface area contributed by atoms with Gasteiger partial charge in [-0.05, 0) is 63.2 Å². The van der Waals surface area contributed by atoms with Crippen LogP contribution in [0.2, 0.25) is 0 Å². The molecule has 0 radical (unpaired) electrons. The lowest BCUT2D eigenvalue weighted by Gasteiger charge is -2.22. The van der Waals surface area contributed by atoms with Gasteiger partial charge in [-0.25, -0.2) is 9.78 Å². The highest BCUT2D eigenvalue weighted by Gasteiger charge is 2.26. The fraction of sp³-hybridized carbons (Fsp3) is 0.182. The summed E-state index contributed by atoms with van der Waals surface area (Å²) in [4.78, 5) is 34.3. The molecule has 0 spiro atoms. The number of nitrogens with zero attached hydrogens (tertiary/aromatic N) is 2. The van der Waals surface area contributed by atoms with Gasteiger partial charge in [0.25, 0.3) is 5.91 Å². The number of hydrogen-bond donors (Lipinski definition) is 4. The van der Waals surface area contributed by atoms with E-state index < -0.39 is 17.3 Å². The van der Waals surface area contributed by atoms with Crippen molar-refractivity contribution >= 4 is 40.1 Å². The standard InChI is InChI=1S/C22H22N6O4/c1-12-11-24-20(26-13-4-7-15(8-5-13)32-22(2,3)19(23)29)28-18(12)25-14-6-9-17-16(10-14)27-21(30)31-17/h4-11H,1-3H3,(H2,23,29)(H,27,30)(H2,24,25,26,28). The zero-order valence-electron chi connectivity index (χ0n) is 17.7. The number of ether oxygens (including phenoxy) is 1. The highest BCUT2D eigenvalue weighted by molar-refractivity contribution is 5.83. The largest absolute Gasteiger partial charge is 0.478 e. The molecule has 0 atom stereocenters. The van der Waals surface area contributed by atoms with Gasteiger partial charge in [-0.2, -0.15) is 4.98 Å². The molecule has 32 heavy (non-hydrogen) atoms.